The van der Waals surface area contributed by atoms with Crippen LogP contribution in [0.4, 0.5) is 5.82 Å². The highest BCUT2D eigenvalue weighted by Gasteiger charge is 2.24. The number of carbonyl (C=O) groups is 2. The summed E-state index contributed by atoms with van der Waals surface area (Å²) in [5, 5.41) is 0. The maximum atomic E-state index is 12.5. The number of hydrogen-bond donors (Lipinski definition) is 1. The Morgan fingerprint density at radius 1 is 1.31 bits per heavy atom. The lowest BCUT2D eigenvalue weighted by Crippen LogP contribution is -2.45. The zero-order valence-corrected chi connectivity index (χ0v) is 16.3. The van der Waals surface area contributed by atoms with Crippen molar-refractivity contribution in [3.63, 3.8) is 0 Å². The van der Waals surface area contributed by atoms with Crippen LogP contribution in [0, 0.1) is 0 Å². The minimum absolute atomic E-state index is 0.0338. The second-order valence-electron chi connectivity index (χ2n) is 6.18. The molecule has 144 valence electrons. The predicted molar refractivity (Wildman–Crippen MR) is 105 cm³/mol. The van der Waals surface area contributed by atoms with Crippen LogP contribution < -0.4 is 10.6 Å². The van der Waals surface area contributed by atoms with Crippen LogP contribution in [0.25, 0.3) is 0 Å². The summed E-state index contributed by atoms with van der Waals surface area (Å²) in [6.45, 7) is 4.98. The van der Waals surface area contributed by atoms with E-state index in [-0.39, 0.29) is 11.9 Å². The van der Waals surface area contributed by atoms with Gasteiger partial charge in [-0.1, -0.05) is 0 Å². The van der Waals surface area contributed by atoms with Crippen molar-refractivity contribution in [3.05, 3.63) is 23.9 Å². The van der Waals surface area contributed by atoms with E-state index in [4.69, 9.17) is 10.5 Å². The molecule has 26 heavy (non-hydrogen) atoms. The van der Waals surface area contributed by atoms with Crippen LogP contribution in [0.5, 0.6) is 0 Å². The average molecular weight is 381 g/mol. The highest BCUT2D eigenvalue weighted by molar-refractivity contribution is 7.98. The topological polar surface area (TPSA) is 88.8 Å². The first-order valence-electron chi connectivity index (χ1n) is 8.98. The molecular formula is C18H28N4O3S. The van der Waals surface area contributed by atoms with Gasteiger partial charge < -0.3 is 20.3 Å². The fraction of sp³-hybridized carbons (Fsp3) is 0.611. The molecule has 8 heteroatoms. The van der Waals surface area contributed by atoms with Gasteiger partial charge in [0.1, 0.15) is 5.82 Å². The minimum Gasteiger partial charge on any atom is -0.462 e. The third kappa shape index (κ3) is 5.60. The zero-order chi connectivity index (χ0) is 18.9. The number of nitrogens with zero attached hydrogens (tertiary/aromatic N) is 3. The average Bonchev–Trinajstić information content (AvgIpc) is 2.92. The lowest BCUT2D eigenvalue weighted by molar-refractivity contribution is -0.132. The normalized spacial score (nSPS) is 16.1. The summed E-state index contributed by atoms with van der Waals surface area (Å²) in [5.74, 6) is 1.37. The van der Waals surface area contributed by atoms with Crippen LogP contribution in [0.3, 0.4) is 0 Å². The largest absolute Gasteiger partial charge is 0.462 e. The second-order valence-corrected chi connectivity index (χ2v) is 7.16. The van der Waals surface area contributed by atoms with Gasteiger partial charge >= 0.3 is 5.97 Å². The number of pyridine rings is 1. The third-order valence-corrected chi connectivity index (χ3v) is 4.98. The van der Waals surface area contributed by atoms with Gasteiger partial charge in [0.25, 0.3) is 0 Å². The van der Waals surface area contributed by atoms with Crippen molar-refractivity contribution in [2.24, 2.45) is 5.73 Å². The molecule has 1 unspecified atom stereocenters. The Bertz CT molecular complexity index is 597. The van der Waals surface area contributed by atoms with Gasteiger partial charge in [-0.25, -0.2) is 9.78 Å². The van der Waals surface area contributed by atoms with E-state index >= 15 is 0 Å². The molecule has 0 aliphatic carbocycles. The fourth-order valence-electron chi connectivity index (χ4n) is 2.88. The Balaban J connectivity index is 1.93. The number of thioether (sulfide) groups is 1. The maximum absolute atomic E-state index is 12.5. The molecule has 1 aromatic rings. The third-order valence-electron chi connectivity index (χ3n) is 4.34. The Labute approximate surface area is 159 Å². The van der Waals surface area contributed by atoms with Crippen LogP contribution in [-0.4, -0.2) is 72.6 Å². The monoisotopic (exact) mass is 380 g/mol. The number of esters is 1. The zero-order valence-electron chi connectivity index (χ0n) is 15.5. The summed E-state index contributed by atoms with van der Waals surface area (Å²) >= 11 is 1.70. The van der Waals surface area contributed by atoms with Crippen LogP contribution in [0.15, 0.2) is 18.3 Å². The first-order chi connectivity index (χ1) is 12.6. The van der Waals surface area contributed by atoms with Crippen molar-refractivity contribution in [2.45, 2.75) is 25.8 Å². The van der Waals surface area contributed by atoms with Gasteiger partial charge in [-0.2, -0.15) is 11.8 Å². The summed E-state index contributed by atoms with van der Waals surface area (Å²) in [6, 6.07) is 3.14. The van der Waals surface area contributed by atoms with E-state index in [2.05, 4.69) is 9.88 Å². The molecule has 0 radical (unpaired) electrons. The van der Waals surface area contributed by atoms with Crippen LogP contribution in [0.2, 0.25) is 0 Å². The number of anilines is 1. The lowest BCUT2D eigenvalue weighted by atomic mass is 10.2. The van der Waals surface area contributed by atoms with Crippen molar-refractivity contribution < 1.29 is 14.3 Å². The lowest BCUT2D eigenvalue weighted by Gasteiger charge is -2.25. The van der Waals surface area contributed by atoms with E-state index in [0.717, 1.165) is 24.5 Å². The first kappa shape index (κ1) is 20.5. The summed E-state index contributed by atoms with van der Waals surface area (Å²) in [7, 11) is 0. The van der Waals surface area contributed by atoms with Crippen LogP contribution in [-0.2, 0) is 9.53 Å². The standard InChI is InChI=1S/C18H28N4O3S/c1-3-25-18(24)14-5-6-16(20-13-14)21-8-4-9-22(11-10-21)17(23)15(19)7-12-26-2/h5-6,13,15H,3-4,7-12,19H2,1-2H3. The van der Waals surface area contributed by atoms with Crippen molar-refractivity contribution in [1.29, 1.82) is 0 Å². The highest BCUT2D eigenvalue weighted by Crippen LogP contribution is 2.15. The number of hydrogen-bond acceptors (Lipinski definition) is 7. The molecule has 1 aliphatic rings. The van der Waals surface area contributed by atoms with Gasteiger partial charge in [-0.05, 0) is 43.9 Å². The Hall–Kier alpha value is -1.80. The maximum Gasteiger partial charge on any atom is 0.339 e. The molecule has 1 aromatic heterocycles. The molecule has 0 bridgehead atoms. The second kappa shape index (κ2) is 10.4. The summed E-state index contributed by atoms with van der Waals surface area (Å²) in [6.07, 6.45) is 5.13. The van der Waals surface area contributed by atoms with Crippen molar-refractivity contribution in [1.82, 2.24) is 9.88 Å². The first-order valence-corrected chi connectivity index (χ1v) is 10.4. The SMILES string of the molecule is CCOC(=O)c1ccc(N2CCCN(C(=O)C(N)CCSC)CC2)nc1. The number of aromatic nitrogens is 1. The molecule has 0 aromatic carbocycles. The van der Waals surface area contributed by atoms with E-state index in [1.807, 2.05) is 17.2 Å². The molecule has 2 heterocycles. The van der Waals surface area contributed by atoms with E-state index in [1.54, 1.807) is 30.9 Å². The smallest absolute Gasteiger partial charge is 0.339 e. The van der Waals surface area contributed by atoms with Gasteiger partial charge in [0.2, 0.25) is 5.91 Å². The Kier molecular flexibility index (Phi) is 8.18. The minimum atomic E-state index is -0.420. The number of nitrogens with two attached hydrogens (primary N) is 1. The van der Waals surface area contributed by atoms with Gasteiger partial charge in [0.05, 0.1) is 18.2 Å². The molecule has 2 N–H and O–H groups in total. The van der Waals surface area contributed by atoms with Gasteiger partial charge in [-0.3, -0.25) is 4.79 Å². The predicted octanol–water partition coefficient (Wildman–Crippen LogP) is 1.38. The Morgan fingerprint density at radius 2 is 2.12 bits per heavy atom. The van der Waals surface area contributed by atoms with Gasteiger partial charge in [0.15, 0.2) is 0 Å². The molecule has 1 aliphatic heterocycles. The quantitative estimate of drug-likeness (QED) is 0.715. The molecule has 1 atom stereocenters. The van der Waals surface area contributed by atoms with E-state index in [0.29, 0.717) is 38.2 Å². The fourth-order valence-corrected chi connectivity index (χ4v) is 3.37. The number of ether oxygens (including phenoxy) is 1. The van der Waals surface area contributed by atoms with E-state index < -0.39 is 6.04 Å². The Morgan fingerprint density at radius 3 is 2.77 bits per heavy atom. The van der Waals surface area contributed by atoms with Gasteiger partial charge in [0, 0.05) is 32.4 Å². The molecular weight excluding hydrogens is 352 g/mol. The molecule has 0 saturated carbocycles. The summed E-state index contributed by atoms with van der Waals surface area (Å²) in [4.78, 5) is 32.6. The van der Waals surface area contributed by atoms with Crippen molar-refractivity contribution in [3.8, 4) is 0 Å². The number of amides is 1. The van der Waals surface area contributed by atoms with E-state index in [1.165, 1.54) is 0 Å². The molecule has 2 rings (SSSR count). The number of rotatable bonds is 7. The van der Waals surface area contributed by atoms with Gasteiger partial charge in [-0.15, -0.1) is 0 Å². The van der Waals surface area contributed by atoms with Crippen LogP contribution >= 0.6 is 11.8 Å². The molecule has 1 saturated heterocycles. The molecule has 1 fully saturated rings. The van der Waals surface area contributed by atoms with E-state index in [9.17, 15) is 9.59 Å². The summed E-state index contributed by atoms with van der Waals surface area (Å²) in [5.41, 5.74) is 6.47. The molecule has 7 nitrogen and oxygen atoms in total. The molecule has 1 amide bonds. The summed E-state index contributed by atoms with van der Waals surface area (Å²) < 4.78 is 4.97. The van der Waals surface area contributed by atoms with Crippen LogP contribution in [0.1, 0.15) is 30.1 Å². The molecule has 0 spiro atoms. The highest BCUT2D eigenvalue weighted by atomic mass is 32.2. The number of carbonyl (C=O) groups excluding carboxylic acids is 2. The van der Waals surface area contributed by atoms with Crippen molar-refractivity contribution >= 4 is 29.5 Å². The van der Waals surface area contributed by atoms with Crippen molar-refractivity contribution in [2.75, 3.05) is 49.7 Å².